The lowest BCUT2D eigenvalue weighted by Crippen LogP contribution is -2.17. The molecule has 1 aromatic rings. The molecule has 110 valence electrons. The molecule has 1 aromatic carbocycles. The molecule has 1 fully saturated rings. The fourth-order valence-electron chi connectivity index (χ4n) is 2.20. The third kappa shape index (κ3) is 2.98. The molecular weight excluding hydrogens is 267 g/mol. The lowest BCUT2D eigenvalue weighted by atomic mass is 10.0. The molecule has 0 heterocycles. The van der Waals surface area contributed by atoms with Crippen LogP contribution in [0.25, 0.3) is 0 Å². The van der Waals surface area contributed by atoms with Gasteiger partial charge in [0.05, 0.1) is 18.1 Å². The first-order chi connectivity index (χ1) is 9.51. The predicted molar refractivity (Wildman–Crippen MR) is 71.5 cm³/mol. The van der Waals surface area contributed by atoms with E-state index in [0.717, 1.165) is 18.9 Å². The van der Waals surface area contributed by atoms with Crippen molar-refractivity contribution >= 4 is 11.4 Å². The first-order valence-corrected chi connectivity index (χ1v) is 6.38. The Morgan fingerprint density at radius 1 is 1.55 bits per heavy atom. The number of hydrogen-bond acceptors (Lipinski definition) is 5. The largest absolute Gasteiger partial charge is 0.494 e. The molecular formula is C13H17FN2O4. The van der Waals surface area contributed by atoms with Gasteiger partial charge in [0, 0.05) is 19.2 Å². The minimum atomic E-state index is -0.763. The van der Waals surface area contributed by atoms with Gasteiger partial charge in [0.15, 0.2) is 11.6 Å². The van der Waals surface area contributed by atoms with Crippen molar-refractivity contribution in [2.24, 2.45) is 5.41 Å². The van der Waals surface area contributed by atoms with Crippen LogP contribution in [0.4, 0.5) is 15.8 Å². The standard InChI is InChI=1S/C13H17FN2O4/c1-20-12-7-10(11(16(18)19)6-9(12)14)15-8-13(2-3-13)4-5-17/h6-7,15,17H,2-5,8H2,1H3. The SMILES string of the molecule is COc1cc(NCC2(CCO)CC2)c([N+](=O)[O-])cc1F. The van der Waals surface area contributed by atoms with Gasteiger partial charge >= 0.3 is 0 Å². The molecule has 0 bridgehead atoms. The number of ether oxygens (including phenoxy) is 1. The monoisotopic (exact) mass is 284 g/mol. The van der Waals surface area contributed by atoms with E-state index >= 15 is 0 Å². The van der Waals surface area contributed by atoms with Crippen molar-refractivity contribution in [1.82, 2.24) is 0 Å². The van der Waals surface area contributed by atoms with Crippen LogP contribution in [0, 0.1) is 21.3 Å². The van der Waals surface area contributed by atoms with Crippen LogP contribution in [-0.4, -0.2) is 30.3 Å². The Kier molecular flexibility index (Phi) is 4.08. The highest BCUT2D eigenvalue weighted by atomic mass is 19.1. The number of aliphatic hydroxyl groups excluding tert-OH is 1. The van der Waals surface area contributed by atoms with Gasteiger partial charge in [-0.3, -0.25) is 10.1 Å². The van der Waals surface area contributed by atoms with Crippen molar-refractivity contribution in [2.75, 3.05) is 25.6 Å². The summed E-state index contributed by atoms with van der Waals surface area (Å²) >= 11 is 0. The summed E-state index contributed by atoms with van der Waals surface area (Å²) in [7, 11) is 1.31. The zero-order valence-corrected chi connectivity index (χ0v) is 11.2. The van der Waals surface area contributed by atoms with Crippen LogP contribution in [-0.2, 0) is 0 Å². The molecule has 0 radical (unpaired) electrons. The van der Waals surface area contributed by atoms with Crippen LogP contribution in [0.5, 0.6) is 5.75 Å². The summed E-state index contributed by atoms with van der Waals surface area (Å²) in [6, 6.07) is 2.15. The Morgan fingerprint density at radius 3 is 2.75 bits per heavy atom. The van der Waals surface area contributed by atoms with Gasteiger partial charge in [-0.15, -0.1) is 0 Å². The molecule has 0 spiro atoms. The fraction of sp³-hybridized carbons (Fsp3) is 0.538. The van der Waals surface area contributed by atoms with Crippen molar-refractivity contribution in [3.05, 3.63) is 28.1 Å². The molecule has 6 nitrogen and oxygen atoms in total. The molecule has 2 rings (SSSR count). The second kappa shape index (κ2) is 5.62. The van der Waals surface area contributed by atoms with Crippen molar-refractivity contribution in [1.29, 1.82) is 0 Å². The maximum Gasteiger partial charge on any atom is 0.295 e. The van der Waals surface area contributed by atoms with E-state index in [4.69, 9.17) is 9.84 Å². The van der Waals surface area contributed by atoms with Crippen molar-refractivity contribution in [3.63, 3.8) is 0 Å². The quantitative estimate of drug-likeness (QED) is 0.593. The lowest BCUT2D eigenvalue weighted by Gasteiger charge is -2.16. The first kappa shape index (κ1) is 14.5. The Labute approximate surface area is 115 Å². The normalized spacial score (nSPS) is 15.8. The van der Waals surface area contributed by atoms with E-state index in [9.17, 15) is 14.5 Å². The van der Waals surface area contributed by atoms with Crippen LogP contribution in [0.3, 0.4) is 0 Å². The Bertz CT molecular complexity index is 517. The van der Waals surface area contributed by atoms with Crippen molar-refractivity contribution < 1.29 is 19.2 Å². The van der Waals surface area contributed by atoms with Crippen LogP contribution in [0.15, 0.2) is 12.1 Å². The summed E-state index contributed by atoms with van der Waals surface area (Å²) in [4.78, 5) is 10.3. The maximum atomic E-state index is 13.5. The van der Waals surface area contributed by atoms with E-state index in [1.54, 1.807) is 0 Å². The molecule has 0 aliphatic heterocycles. The van der Waals surface area contributed by atoms with Gasteiger partial charge in [-0.05, 0) is 24.7 Å². The van der Waals surface area contributed by atoms with Crippen LogP contribution >= 0.6 is 0 Å². The van der Waals surface area contributed by atoms with Gasteiger partial charge in [-0.25, -0.2) is 4.39 Å². The van der Waals surface area contributed by atoms with E-state index in [1.165, 1.54) is 13.2 Å². The summed E-state index contributed by atoms with van der Waals surface area (Å²) in [6.07, 6.45) is 2.62. The predicted octanol–water partition coefficient (Wildman–Crippen LogP) is 2.32. The number of nitro benzene ring substituents is 1. The highest BCUT2D eigenvalue weighted by Crippen LogP contribution is 2.49. The first-order valence-electron chi connectivity index (χ1n) is 6.38. The molecule has 0 saturated heterocycles. The fourth-order valence-corrected chi connectivity index (χ4v) is 2.20. The molecule has 1 aliphatic rings. The van der Waals surface area contributed by atoms with Gasteiger partial charge in [0.25, 0.3) is 5.69 Å². The average Bonchev–Trinajstić information content (AvgIpc) is 3.17. The van der Waals surface area contributed by atoms with E-state index in [0.29, 0.717) is 13.0 Å². The Morgan fingerprint density at radius 2 is 2.25 bits per heavy atom. The summed E-state index contributed by atoms with van der Waals surface area (Å²) in [5.41, 5.74) is -0.0786. The van der Waals surface area contributed by atoms with Crippen LogP contribution < -0.4 is 10.1 Å². The van der Waals surface area contributed by atoms with E-state index < -0.39 is 10.7 Å². The number of nitrogens with zero attached hydrogens (tertiary/aromatic N) is 1. The molecule has 1 saturated carbocycles. The molecule has 0 amide bonds. The number of methoxy groups -OCH3 is 1. The molecule has 20 heavy (non-hydrogen) atoms. The van der Waals surface area contributed by atoms with Gasteiger partial charge in [-0.1, -0.05) is 0 Å². The molecule has 0 unspecified atom stereocenters. The zero-order valence-electron chi connectivity index (χ0n) is 11.2. The molecule has 2 N–H and O–H groups in total. The van der Waals surface area contributed by atoms with Gasteiger partial charge in [-0.2, -0.15) is 0 Å². The molecule has 1 aliphatic carbocycles. The minimum Gasteiger partial charge on any atom is -0.494 e. The third-order valence-corrected chi connectivity index (χ3v) is 3.72. The Balaban J connectivity index is 2.19. The third-order valence-electron chi connectivity index (χ3n) is 3.72. The smallest absolute Gasteiger partial charge is 0.295 e. The van der Waals surface area contributed by atoms with E-state index in [-0.39, 0.29) is 29.1 Å². The highest BCUT2D eigenvalue weighted by molar-refractivity contribution is 5.64. The number of aliphatic hydroxyl groups is 1. The second-order valence-corrected chi connectivity index (χ2v) is 5.09. The Hall–Kier alpha value is -1.89. The van der Waals surface area contributed by atoms with Gasteiger partial charge < -0.3 is 15.2 Å². The summed E-state index contributed by atoms with van der Waals surface area (Å²) in [5.74, 6) is -0.800. The number of anilines is 1. The van der Waals surface area contributed by atoms with E-state index in [1.807, 2.05) is 0 Å². The summed E-state index contributed by atoms with van der Waals surface area (Å²) < 4.78 is 18.3. The average molecular weight is 284 g/mol. The molecule has 0 atom stereocenters. The number of nitro groups is 1. The molecule has 0 aromatic heterocycles. The van der Waals surface area contributed by atoms with Gasteiger partial charge in [0.2, 0.25) is 0 Å². The number of halogens is 1. The number of nitrogens with one attached hydrogen (secondary N) is 1. The second-order valence-electron chi connectivity index (χ2n) is 5.09. The topological polar surface area (TPSA) is 84.6 Å². The summed E-state index contributed by atoms with van der Waals surface area (Å²) in [5, 5.41) is 22.9. The van der Waals surface area contributed by atoms with Crippen LogP contribution in [0.1, 0.15) is 19.3 Å². The molecule has 7 heteroatoms. The minimum absolute atomic E-state index is 0.00421. The maximum absolute atomic E-state index is 13.5. The summed E-state index contributed by atoms with van der Waals surface area (Å²) in [6.45, 7) is 0.611. The zero-order chi connectivity index (χ0) is 14.8. The van der Waals surface area contributed by atoms with Crippen LogP contribution in [0.2, 0.25) is 0 Å². The van der Waals surface area contributed by atoms with Gasteiger partial charge in [0.1, 0.15) is 5.69 Å². The van der Waals surface area contributed by atoms with E-state index in [2.05, 4.69) is 5.32 Å². The van der Waals surface area contributed by atoms with Crippen molar-refractivity contribution in [2.45, 2.75) is 19.3 Å². The highest BCUT2D eigenvalue weighted by Gasteiger charge is 2.41. The number of benzene rings is 1. The number of rotatable bonds is 7. The lowest BCUT2D eigenvalue weighted by molar-refractivity contribution is -0.384. The number of hydrogen-bond donors (Lipinski definition) is 2. The van der Waals surface area contributed by atoms with Crippen molar-refractivity contribution in [3.8, 4) is 5.75 Å².